The molecule has 3 atom stereocenters. The highest BCUT2D eigenvalue weighted by Crippen LogP contribution is 2.48. The molecule has 3 aliphatic rings. The van der Waals surface area contributed by atoms with E-state index >= 15 is 0 Å². The number of nitrogens with zero attached hydrogens (tertiary/aromatic N) is 3. The van der Waals surface area contributed by atoms with Crippen LogP contribution in [0.5, 0.6) is 0 Å². The van der Waals surface area contributed by atoms with Gasteiger partial charge in [-0.2, -0.15) is 0 Å². The Kier molecular flexibility index (Phi) is 3.64. The number of rotatable bonds is 2. The summed E-state index contributed by atoms with van der Waals surface area (Å²) in [6.45, 7) is 1.68. The van der Waals surface area contributed by atoms with E-state index in [1.165, 1.54) is 4.90 Å². The number of hydrogen-bond donors (Lipinski definition) is 0. The molecule has 0 aliphatic carbocycles. The molecule has 0 unspecified atom stereocenters. The van der Waals surface area contributed by atoms with Gasteiger partial charge in [-0.05, 0) is 36.2 Å². The Morgan fingerprint density at radius 1 is 0.808 bits per heavy atom. The largest absolute Gasteiger partial charge is 0.274 e. The second-order valence-corrected chi connectivity index (χ2v) is 7.43. The first-order chi connectivity index (χ1) is 12.7. The Hall–Kier alpha value is -2.21. The molecule has 3 fully saturated rings. The van der Waals surface area contributed by atoms with Crippen molar-refractivity contribution in [3.63, 3.8) is 0 Å². The third kappa shape index (κ3) is 2.18. The van der Waals surface area contributed by atoms with Crippen LogP contribution in [0.15, 0.2) is 54.6 Å². The van der Waals surface area contributed by atoms with E-state index in [1.807, 2.05) is 54.6 Å². The van der Waals surface area contributed by atoms with E-state index in [-0.39, 0.29) is 23.8 Å². The number of hydrazine groups is 1. The first kappa shape index (κ1) is 16.0. The number of fused-ring (bicyclic) bond motifs is 3. The van der Waals surface area contributed by atoms with Crippen LogP contribution < -0.4 is 4.90 Å². The lowest BCUT2D eigenvalue weighted by Gasteiger charge is -2.29. The van der Waals surface area contributed by atoms with Crippen molar-refractivity contribution in [3.8, 4) is 0 Å². The second kappa shape index (κ2) is 5.91. The summed E-state index contributed by atoms with van der Waals surface area (Å²) in [7, 11) is 0. The minimum absolute atomic E-state index is 0.111. The fourth-order valence-corrected chi connectivity index (χ4v) is 4.73. The molecule has 5 nitrogen and oxygen atoms in total. The SMILES string of the molecule is O=C1[C@H]2[C@@H](C(=O)N1c1ccccc1)N1CCCN1[C@H]2c1ccc(Cl)cc1. The third-order valence-corrected chi connectivity index (χ3v) is 5.88. The molecule has 0 radical (unpaired) electrons. The quantitative estimate of drug-likeness (QED) is 0.766. The van der Waals surface area contributed by atoms with Crippen LogP contribution in [0.4, 0.5) is 5.69 Å². The van der Waals surface area contributed by atoms with E-state index in [2.05, 4.69) is 10.0 Å². The van der Waals surface area contributed by atoms with Crippen molar-refractivity contribution < 1.29 is 9.59 Å². The molecule has 5 rings (SSSR count). The third-order valence-electron chi connectivity index (χ3n) is 5.63. The standard InChI is InChI=1S/C20H18ClN3O2/c21-14-9-7-13(8-10-14)17-16-18(23-12-4-11-22(17)23)20(26)24(19(16)25)15-5-2-1-3-6-15/h1-3,5-10,16-18H,4,11-12H2/t16-,17+,18+/m1/s1. The smallest absolute Gasteiger partial charge is 0.253 e. The van der Waals surface area contributed by atoms with Crippen LogP contribution in [-0.2, 0) is 9.59 Å². The summed E-state index contributed by atoms with van der Waals surface area (Å²) < 4.78 is 0. The number of amides is 2. The van der Waals surface area contributed by atoms with Crippen molar-refractivity contribution in [3.05, 3.63) is 65.2 Å². The Morgan fingerprint density at radius 2 is 1.46 bits per heavy atom. The lowest BCUT2D eigenvalue weighted by molar-refractivity contribution is -0.126. The van der Waals surface area contributed by atoms with Gasteiger partial charge in [-0.1, -0.05) is 41.9 Å². The maximum Gasteiger partial charge on any atom is 0.253 e. The van der Waals surface area contributed by atoms with E-state index in [0.717, 1.165) is 25.1 Å². The van der Waals surface area contributed by atoms with Crippen LogP contribution >= 0.6 is 11.6 Å². The zero-order chi connectivity index (χ0) is 17.8. The summed E-state index contributed by atoms with van der Waals surface area (Å²) in [4.78, 5) is 27.9. The maximum absolute atomic E-state index is 13.3. The van der Waals surface area contributed by atoms with E-state index in [1.54, 1.807) is 0 Å². The zero-order valence-electron chi connectivity index (χ0n) is 14.1. The average molecular weight is 368 g/mol. The Bertz CT molecular complexity index is 870. The Labute approximate surface area is 156 Å². The molecule has 0 bridgehead atoms. The van der Waals surface area contributed by atoms with E-state index in [9.17, 15) is 9.59 Å². The predicted molar refractivity (Wildman–Crippen MR) is 98.4 cm³/mol. The molecule has 132 valence electrons. The molecule has 0 saturated carbocycles. The number of para-hydroxylation sites is 1. The average Bonchev–Trinajstić information content (AvgIpc) is 3.29. The van der Waals surface area contributed by atoms with Gasteiger partial charge in [0.2, 0.25) is 5.91 Å². The molecule has 3 saturated heterocycles. The molecular weight excluding hydrogens is 350 g/mol. The van der Waals surface area contributed by atoms with Crippen molar-refractivity contribution in [2.45, 2.75) is 18.5 Å². The summed E-state index contributed by atoms with van der Waals surface area (Å²) in [6.07, 6.45) is 1.00. The number of anilines is 1. The van der Waals surface area contributed by atoms with Crippen LogP contribution in [0, 0.1) is 5.92 Å². The molecule has 6 heteroatoms. The second-order valence-electron chi connectivity index (χ2n) is 6.99. The predicted octanol–water partition coefficient (Wildman–Crippen LogP) is 2.88. The van der Waals surface area contributed by atoms with Crippen molar-refractivity contribution in [2.75, 3.05) is 18.0 Å². The Morgan fingerprint density at radius 3 is 2.15 bits per heavy atom. The fraction of sp³-hybridized carbons (Fsp3) is 0.300. The summed E-state index contributed by atoms with van der Waals surface area (Å²) >= 11 is 6.04. The normalized spacial score (nSPS) is 28.7. The van der Waals surface area contributed by atoms with E-state index < -0.39 is 6.04 Å². The molecule has 2 amide bonds. The van der Waals surface area contributed by atoms with Gasteiger partial charge in [-0.25, -0.2) is 14.9 Å². The number of carbonyl (C=O) groups excluding carboxylic acids is 2. The van der Waals surface area contributed by atoms with Gasteiger partial charge in [0.15, 0.2) is 0 Å². The highest BCUT2D eigenvalue weighted by atomic mass is 35.5. The topological polar surface area (TPSA) is 43.9 Å². The Balaban J connectivity index is 1.59. The van der Waals surface area contributed by atoms with Gasteiger partial charge < -0.3 is 0 Å². The summed E-state index contributed by atoms with van der Waals surface area (Å²) in [5.41, 5.74) is 1.68. The number of hydrogen-bond acceptors (Lipinski definition) is 4. The molecule has 0 aromatic heterocycles. The fourth-order valence-electron chi connectivity index (χ4n) is 4.60. The van der Waals surface area contributed by atoms with Gasteiger partial charge in [0, 0.05) is 18.1 Å². The molecule has 0 N–H and O–H groups in total. The number of benzene rings is 2. The summed E-state index contributed by atoms with van der Waals surface area (Å²) in [5.74, 6) is -0.612. The molecule has 0 spiro atoms. The molecule has 2 aromatic carbocycles. The number of halogens is 1. The van der Waals surface area contributed by atoms with Crippen molar-refractivity contribution in [2.24, 2.45) is 5.92 Å². The van der Waals surface area contributed by atoms with Crippen molar-refractivity contribution in [1.82, 2.24) is 10.0 Å². The molecule has 2 aromatic rings. The lowest BCUT2D eigenvalue weighted by atomic mass is 9.90. The van der Waals surface area contributed by atoms with Crippen molar-refractivity contribution in [1.29, 1.82) is 0 Å². The maximum atomic E-state index is 13.3. The van der Waals surface area contributed by atoms with E-state index in [4.69, 9.17) is 11.6 Å². The molecule has 26 heavy (non-hydrogen) atoms. The summed E-state index contributed by atoms with van der Waals surface area (Å²) in [6, 6.07) is 16.3. The van der Waals surface area contributed by atoms with Crippen LogP contribution in [0.1, 0.15) is 18.0 Å². The van der Waals surface area contributed by atoms with Gasteiger partial charge in [0.05, 0.1) is 17.6 Å². The number of imide groups is 1. The van der Waals surface area contributed by atoms with Gasteiger partial charge >= 0.3 is 0 Å². The highest BCUT2D eigenvalue weighted by molar-refractivity contribution is 6.30. The van der Waals surface area contributed by atoms with Gasteiger partial charge in [0.1, 0.15) is 6.04 Å². The minimum Gasteiger partial charge on any atom is -0.274 e. The monoisotopic (exact) mass is 367 g/mol. The zero-order valence-corrected chi connectivity index (χ0v) is 14.8. The van der Waals surface area contributed by atoms with Crippen LogP contribution in [0.3, 0.4) is 0 Å². The van der Waals surface area contributed by atoms with Gasteiger partial charge in [0.25, 0.3) is 5.91 Å². The number of carbonyl (C=O) groups is 2. The molecule has 3 heterocycles. The first-order valence-electron chi connectivity index (χ1n) is 8.88. The minimum atomic E-state index is -0.411. The van der Waals surface area contributed by atoms with Crippen LogP contribution in [-0.4, -0.2) is 41.0 Å². The molecule has 3 aliphatic heterocycles. The van der Waals surface area contributed by atoms with Gasteiger partial charge in [-0.3, -0.25) is 9.59 Å². The van der Waals surface area contributed by atoms with Crippen molar-refractivity contribution >= 4 is 29.1 Å². The highest BCUT2D eigenvalue weighted by Gasteiger charge is 2.62. The first-order valence-corrected chi connectivity index (χ1v) is 9.26. The van der Waals surface area contributed by atoms with Gasteiger partial charge in [-0.15, -0.1) is 0 Å². The van der Waals surface area contributed by atoms with Crippen LogP contribution in [0.2, 0.25) is 5.02 Å². The van der Waals surface area contributed by atoms with E-state index in [0.29, 0.717) is 10.7 Å². The molecular formula is C20H18ClN3O2. The van der Waals surface area contributed by atoms with Crippen LogP contribution in [0.25, 0.3) is 0 Å². The lowest BCUT2D eigenvalue weighted by Crippen LogP contribution is -2.44. The summed E-state index contributed by atoms with van der Waals surface area (Å²) in [5, 5.41) is 4.98.